The molecule has 0 radical (unpaired) electrons. The Labute approximate surface area is 94.7 Å². The number of aryl methyl sites for hydroxylation is 1. The minimum absolute atomic E-state index is 0.125. The summed E-state index contributed by atoms with van der Waals surface area (Å²) in [5.41, 5.74) is 1.14. The van der Waals surface area contributed by atoms with E-state index in [1.165, 1.54) is 0 Å². The highest BCUT2D eigenvalue weighted by Gasteiger charge is 2.29. The highest BCUT2D eigenvalue weighted by Crippen LogP contribution is 2.31. The Kier molecular flexibility index (Phi) is 3.24. The lowest BCUT2D eigenvalue weighted by molar-refractivity contribution is -0.138. The van der Waals surface area contributed by atoms with Gasteiger partial charge in [-0.3, -0.25) is 14.4 Å². The first-order valence-corrected chi connectivity index (χ1v) is 5.70. The van der Waals surface area contributed by atoms with Crippen molar-refractivity contribution < 1.29 is 9.90 Å². The van der Waals surface area contributed by atoms with Gasteiger partial charge < -0.3 is 5.11 Å². The van der Waals surface area contributed by atoms with Crippen molar-refractivity contribution in [2.24, 2.45) is 0 Å². The van der Waals surface area contributed by atoms with E-state index in [0.29, 0.717) is 0 Å². The molecule has 16 heavy (non-hydrogen) atoms. The molecule has 1 aromatic rings. The molecule has 0 aromatic carbocycles. The number of rotatable bonds is 4. The lowest BCUT2D eigenvalue weighted by Crippen LogP contribution is -2.30. The van der Waals surface area contributed by atoms with Crippen LogP contribution in [0.4, 0.5) is 0 Å². The van der Waals surface area contributed by atoms with Crippen LogP contribution in [0.2, 0.25) is 0 Å². The second-order valence-electron chi connectivity index (χ2n) is 4.09. The summed E-state index contributed by atoms with van der Waals surface area (Å²) < 4.78 is 1.95. The molecule has 0 bridgehead atoms. The van der Waals surface area contributed by atoms with Crippen LogP contribution in [-0.4, -0.2) is 38.8 Å². The molecule has 5 heteroatoms. The molecule has 0 saturated carbocycles. The van der Waals surface area contributed by atoms with Crippen molar-refractivity contribution in [3.8, 4) is 0 Å². The Hall–Kier alpha value is -1.36. The van der Waals surface area contributed by atoms with Gasteiger partial charge in [-0.25, -0.2) is 0 Å². The summed E-state index contributed by atoms with van der Waals surface area (Å²) in [5, 5.41) is 13.1. The van der Waals surface area contributed by atoms with Crippen LogP contribution in [0.1, 0.15) is 31.5 Å². The van der Waals surface area contributed by atoms with Crippen LogP contribution in [0.25, 0.3) is 0 Å². The quantitative estimate of drug-likeness (QED) is 0.831. The average Bonchev–Trinajstić information content (AvgIpc) is 2.83. The standard InChI is InChI=1S/C11H17N3O2/c1-2-14-10(5-6-12-14)9-4-3-7-13(9)8-11(15)16/h5-6,9H,2-4,7-8H2,1H3,(H,15,16). The molecule has 1 aromatic heterocycles. The molecule has 1 atom stereocenters. The fraction of sp³-hybridized carbons (Fsp3) is 0.636. The molecule has 1 fully saturated rings. The van der Waals surface area contributed by atoms with Gasteiger partial charge in [-0.15, -0.1) is 0 Å². The van der Waals surface area contributed by atoms with Crippen molar-refractivity contribution in [3.63, 3.8) is 0 Å². The lowest BCUT2D eigenvalue weighted by atomic mass is 10.1. The lowest BCUT2D eigenvalue weighted by Gasteiger charge is -2.23. The van der Waals surface area contributed by atoms with Crippen LogP contribution < -0.4 is 0 Å². The minimum atomic E-state index is -0.755. The summed E-state index contributed by atoms with van der Waals surface area (Å²) in [4.78, 5) is 12.8. The number of aromatic nitrogens is 2. The zero-order chi connectivity index (χ0) is 11.5. The SMILES string of the molecule is CCn1nccc1C1CCCN1CC(=O)O. The third-order valence-electron chi connectivity index (χ3n) is 3.09. The molecular formula is C11H17N3O2. The third kappa shape index (κ3) is 2.09. The van der Waals surface area contributed by atoms with Crippen molar-refractivity contribution in [1.29, 1.82) is 0 Å². The zero-order valence-corrected chi connectivity index (χ0v) is 9.46. The number of carboxylic acids is 1. The van der Waals surface area contributed by atoms with Gasteiger partial charge in [-0.2, -0.15) is 5.10 Å². The number of carboxylic acid groups (broad SMARTS) is 1. The summed E-state index contributed by atoms with van der Waals surface area (Å²) in [6, 6.07) is 2.22. The van der Waals surface area contributed by atoms with E-state index >= 15 is 0 Å². The maximum absolute atomic E-state index is 10.8. The van der Waals surface area contributed by atoms with Gasteiger partial charge in [0, 0.05) is 12.7 Å². The number of nitrogens with zero attached hydrogens (tertiary/aromatic N) is 3. The Balaban J connectivity index is 2.16. The summed E-state index contributed by atoms with van der Waals surface area (Å²) in [6.45, 7) is 3.87. The minimum Gasteiger partial charge on any atom is -0.480 e. The van der Waals surface area contributed by atoms with Gasteiger partial charge in [0.1, 0.15) is 0 Å². The molecule has 88 valence electrons. The van der Waals surface area contributed by atoms with Gasteiger partial charge in [0.25, 0.3) is 0 Å². The van der Waals surface area contributed by atoms with Crippen LogP contribution in [0.3, 0.4) is 0 Å². The molecule has 2 heterocycles. The first kappa shape index (κ1) is 11.1. The number of hydrogen-bond acceptors (Lipinski definition) is 3. The Bertz CT molecular complexity index is 375. The molecular weight excluding hydrogens is 206 g/mol. The van der Waals surface area contributed by atoms with Crippen LogP contribution in [0.15, 0.2) is 12.3 Å². The van der Waals surface area contributed by atoms with E-state index in [1.807, 2.05) is 22.6 Å². The van der Waals surface area contributed by atoms with E-state index in [-0.39, 0.29) is 12.6 Å². The largest absolute Gasteiger partial charge is 0.480 e. The molecule has 0 spiro atoms. The van der Waals surface area contributed by atoms with Crippen molar-refractivity contribution in [3.05, 3.63) is 18.0 Å². The molecule has 2 rings (SSSR count). The van der Waals surface area contributed by atoms with Crippen molar-refractivity contribution in [2.45, 2.75) is 32.4 Å². The molecule has 1 aliphatic heterocycles. The number of hydrogen-bond donors (Lipinski definition) is 1. The molecule has 1 saturated heterocycles. The van der Waals surface area contributed by atoms with E-state index < -0.39 is 5.97 Å². The maximum Gasteiger partial charge on any atom is 0.317 e. The van der Waals surface area contributed by atoms with E-state index in [2.05, 4.69) is 5.10 Å². The molecule has 1 aliphatic rings. The van der Waals surface area contributed by atoms with Gasteiger partial charge in [0.15, 0.2) is 0 Å². The average molecular weight is 223 g/mol. The van der Waals surface area contributed by atoms with Crippen LogP contribution in [-0.2, 0) is 11.3 Å². The first-order valence-electron chi connectivity index (χ1n) is 5.70. The van der Waals surface area contributed by atoms with Gasteiger partial charge in [0.05, 0.1) is 18.3 Å². The first-order chi connectivity index (χ1) is 7.72. The molecule has 0 aliphatic carbocycles. The number of likely N-dealkylation sites (tertiary alicyclic amines) is 1. The fourth-order valence-electron chi connectivity index (χ4n) is 2.41. The predicted octanol–water partition coefficient (Wildman–Crippen LogP) is 1.12. The van der Waals surface area contributed by atoms with Crippen molar-refractivity contribution in [1.82, 2.24) is 14.7 Å². The van der Waals surface area contributed by atoms with Gasteiger partial charge in [0.2, 0.25) is 0 Å². The molecule has 1 unspecified atom stereocenters. The van der Waals surface area contributed by atoms with E-state index in [9.17, 15) is 4.79 Å². The third-order valence-corrected chi connectivity index (χ3v) is 3.09. The van der Waals surface area contributed by atoms with Crippen LogP contribution in [0.5, 0.6) is 0 Å². The second-order valence-corrected chi connectivity index (χ2v) is 4.09. The van der Waals surface area contributed by atoms with Crippen molar-refractivity contribution in [2.75, 3.05) is 13.1 Å². The summed E-state index contributed by atoms with van der Waals surface area (Å²) >= 11 is 0. The Morgan fingerprint density at radius 2 is 2.50 bits per heavy atom. The smallest absolute Gasteiger partial charge is 0.317 e. The van der Waals surface area contributed by atoms with E-state index in [4.69, 9.17) is 5.11 Å². The topological polar surface area (TPSA) is 58.4 Å². The summed E-state index contributed by atoms with van der Waals surface area (Å²) in [6.07, 6.45) is 3.88. The molecule has 5 nitrogen and oxygen atoms in total. The van der Waals surface area contributed by atoms with E-state index in [0.717, 1.165) is 31.6 Å². The summed E-state index contributed by atoms with van der Waals surface area (Å²) in [7, 11) is 0. The molecule has 0 amide bonds. The maximum atomic E-state index is 10.8. The zero-order valence-electron chi connectivity index (χ0n) is 9.46. The number of aliphatic carboxylic acids is 1. The van der Waals surface area contributed by atoms with Gasteiger partial charge in [-0.1, -0.05) is 0 Å². The highest BCUT2D eigenvalue weighted by atomic mass is 16.4. The fourth-order valence-corrected chi connectivity index (χ4v) is 2.41. The van der Waals surface area contributed by atoms with Crippen LogP contribution in [0, 0.1) is 0 Å². The second kappa shape index (κ2) is 4.65. The van der Waals surface area contributed by atoms with Gasteiger partial charge >= 0.3 is 5.97 Å². The Morgan fingerprint density at radius 1 is 1.69 bits per heavy atom. The van der Waals surface area contributed by atoms with Gasteiger partial charge in [-0.05, 0) is 32.4 Å². The normalized spacial score (nSPS) is 21.4. The van der Waals surface area contributed by atoms with Crippen LogP contribution >= 0.6 is 0 Å². The Morgan fingerprint density at radius 3 is 3.19 bits per heavy atom. The van der Waals surface area contributed by atoms with E-state index in [1.54, 1.807) is 6.20 Å². The summed E-state index contributed by atoms with van der Waals surface area (Å²) in [5.74, 6) is -0.755. The highest BCUT2D eigenvalue weighted by molar-refractivity contribution is 5.69. The van der Waals surface area contributed by atoms with Crippen molar-refractivity contribution >= 4 is 5.97 Å². The predicted molar refractivity (Wildman–Crippen MR) is 59.1 cm³/mol. The molecule has 1 N–H and O–H groups in total. The number of carbonyl (C=O) groups is 1. The monoisotopic (exact) mass is 223 g/mol.